The minimum absolute atomic E-state index is 0. The van der Waals surface area contributed by atoms with Gasteiger partial charge < -0.3 is 112 Å². The molecule has 0 aliphatic carbocycles. The Labute approximate surface area is 338 Å². The Kier molecular flexibility index (Phi) is 284. The Morgan fingerprint density at radius 1 is 0.447 bits per heavy atom. The molecule has 0 saturated carbocycles. The fraction of sp³-hybridized carbons (Fsp3) is 0.833. The average molecular weight is 956 g/mol. The van der Waals surface area contributed by atoms with E-state index in [1.165, 1.54) is 0 Å². The van der Waals surface area contributed by atoms with Crippen molar-refractivity contribution in [3.05, 3.63) is 0 Å². The number of nitrogens with zero attached hydrogens (tertiary/aromatic N) is 4. The first-order valence-electron chi connectivity index (χ1n) is 7.84. The monoisotopic (exact) mass is 956 g/mol. The first-order valence-corrected chi connectivity index (χ1v) is 7.84. The smallest absolute Gasteiger partial charge is 0.250 e. The van der Waals surface area contributed by atoms with Crippen LogP contribution in [0.15, 0.2) is 10.2 Å². The van der Waals surface area contributed by atoms with Crippen LogP contribution in [-0.4, -0.2) is 177 Å². The maximum atomic E-state index is 11.1. The van der Waals surface area contributed by atoms with E-state index in [-0.39, 0.29) is 235 Å². The molecular weight excluding hydrogens is 898 g/mol. The molecular formula is C12H58N8O21V6+8. The van der Waals surface area contributed by atoms with Crippen LogP contribution in [0.4, 0.5) is 0 Å². The van der Waals surface area contributed by atoms with Crippen LogP contribution in [0.1, 0.15) is 0 Å². The predicted octanol–water partition coefficient (Wildman–Crippen LogP) is -17.6. The third-order valence-corrected chi connectivity index (χ3v) is 3.41. The van der Waals surface area contributed by atoms with Crippen LogP contribution in [-0.2, 0) is 121 Å². The number of nitrogens with one attached hydrogen (secondary N) is 4. The van der Waals surface area contributed by atoms with E-state index in [0.717, 1.165) is 0 Å². The summed E-state index contributed by atoms with van der Waals surface area (Å²) in [6.45, 7) is -1.91. The van der Waals surface area contributed by atoms with Gasteiger partial charge in [0.15, 0.2) is 39.6 Å². The number of rotatable bonds is 12. The van der Waals surface area contributed by atoms with Crippen LogP contribution >= 0.6 is 0 Å². The largest absolute Gasteiger partial charge is 0.443 e. The van der Waals surface area contributed by atoms with E-state index in [1.807, 2.05) is 0 Å². The Balaban J connectivity index is -0.0000000108. The topological polar surface area (TPSA) is 706 Å². The minimum Gasteiger partial charge on any atom is -0.443 e. The van der Waals surface area contributed by atoms with E-state index in [1.54, 1.807) is 0 Å². The molecule has 0 aromatic heterocycles. The van der Waals surface area contributed by atoms with Gasteiger partial charge >= 0.3 is 0 Å². The second-order valence-electron chi connectivity index (χ2n) is 5.52. The van der Waals surface area contributed by atoms with Gasteiger partial charge in [0.25, 0.3) is 0 Å². The molecule has 35 heteroatoms. The molecule has 0 aliphatic rings. The van der Waals surface area contributed by atoms with E-state index in [4.69, 9.17) is 41.7 Å². The molecule has 0 fully saturated rings. The van der Waals surface area contributed by atoms with Gasteiger partial charge in [-0.15, -0.1) is 0 Å². The summed E-state index contributed by atoms with van der Waals surface area (Å²) >= 11 is 0. The second kappa shape index (κ2) is 91.1. The average Bonchev–Trinajstić information content (AvgIpc) is 2.73. The molecule has 0 unspecified atom stereocenters. The first kappa shape index (κ1) is 147. The fourth-order valence-electron chi connectivity index (χ4n) is 1.51. The molecule has 0 aromatic carbocycles. The maximum absolute atomic E-state index is 11.1. The third-order valence-electron chi connectivity index (χ3n) is 3.41. The van der Waals surface area contributed by atoms with E-state index in [2.05, 4.69) is 30.7 Å². The fourth-order valence-corrected chi connectivity index (χ4v) is 1.51. The zero-order valence-corrected chi connectivity index (χ0v) is 32.8. The van der Waals surface area contributed by atoms with Crippen LogP contribution in [0.5, 0.6) is 0 Å². The Bertz CT molecular complexity index is 544. The quantitative estimate of drug-likeness (QED) is 0.0842. The van der Waals surface area contributed by atoms with Gasteiger partial charge in [0.05, 0.1) is 0 Å². The first-order chi connectivity index (χ1) is 13.3. The van der Waals surface area contributed by atoms with Gasteiger partial charge in [-0.3, -0.25) is 9.59 Å². The van der Waals surface area contributed by atoms with Crippen LogP contribution in [0.3, 0.4) is 0 Å². The van der Waals surface area contributed by atoms with Crippen LogP contribution < -0.4 is 20.5 Å². The van der Waals surface area contributed by atoms with Crippen molar-refractivity contribution < 1.29 is 223 Å². The summed E-state index contributed by atoms with van der Waals surface area (Å²) in [6, 6.07) is 0. The molecule has 42 N–H and O–H groups in total. The number of carbonyl (C=O) groups is 2. The predicted molar refractivity (Wildman–Crippen MR) is 144 cm³/mol. The molecule has 0 bridgehead atoms. The molecule has 6 radical (unpaired) electrons. The Morgan fingerprint density at radius 3 is 0.702 bits per heavy atom. The van der Waals surface area contributed by atoms with Gasteiger partial charge in [0.2, 0.25) is 45.8 Å². The van der Waals surface area contributed by atoms with E-state index >= 15 is 0 Å². The van der Waals surface area contributed by atoms with E-state index in [0.29, 0.717) is 0 Å². The molecule has 0 aromatic rings. The van der Waals surface area contributed by atoms with Crippen molar-refractivity contribution >= 4 is 11.8 Å². The normalized spacial score (nSPS) is 6.26. The van der Waals surface area contributed by atoms with Crippen molar-refractivity contribution in [3.63, 3.8) is 0 Å². The minimum atomic E-state index is -1.12. The van der Waals surface area contributed by atoms with E-state index < -0.39 is 22.9 Å². The van der Waals surface area contributed by atoms with Crippen molar-refractivity contribution in [3.8, 4) is 0 Å². The second-order valence-corrected chi connectivity index (χ2v) is 5.52. The summed E-state index contributed by atoms with van der Waals surface area (Å²) in [5, 5.41) is 53.9. The van der Waals surface area contributed by atoms with E-state index in [9.17, 15) is 9.59 Å². The molecule has 2 amide bonds. The van der Waals surface area contributed by atoms with Gasteiger partial charge in [-0.2, -0.15) is 0 Å². The number of hydrogen-bond acceptors (Lipinski definition) is 6. The van der Waals surface area contributed by atoms with Crippen LogP contribution in [0.2, 0.25) is 0 Å². The molecule has 0 heterocycles. The molecule has 0 rings (SSSR count). The summed E-state index contributed by atoms with van der Waals surface area (Å²) in [5.41, 5.74) is 10.4. The zero-order valence-electron chi connectivity index (χ0n) is 24.4. The summed E-state index contributed by atoms with van der Waals surface area (Å²) in [4.78, 5) is 27.5. The molecule has 47 heavy (non-hydrogen) atoms. The number of amides is 2. The summed E-state index contributed by atoms with van der Waals surface area (Å²) in [5.74, 6) is -1.04. The van der Waals surface area contributed by atoms with Crippen molar-refractivity contribution in [2.75, 3.05) is 52.7 Å². The zero-order chi connectivity index (χ0) is 22.1. The molecule has 29 nitrogen and oxygen atoms in total. The summed E-state index contributed by atoms with van der Waals surface area (Å²) in [7, 11) is 0. The Hall–Kier alpha value is 0.306. The number of hydrogen-bond donors (Lipinski definition) is 4. The molecule has 0 atom stereocenters. The molecule has 294 valence electrons. The summed E-state index contributed by atoms with van der Waals surface area (Å²) < 4.78 is 0. The van der Waals surface area contributed by atoms with Gasteiger partial charge in [-0.25, -0.2) is 0 Å². The van der Waals surface area contributed by atoms with Crippen molar-refractivity contribution in [1.29, 1.82) is 11.1 Å². The molecule has 0 spiro atoms. The van der Waals surface area contributed by atoms with Gasteiger partial charge in [0, 0.05) is 111 Å². The van der Waals surface area contributed by atoms with Gasteiger partial charge in [-0.05, 0) is 0 Å². The molecule has 0 saturated heterocycles. The van der Waals surface area contributed by atoms with Crippen LogP contribution in [0.25, 0.3) is 0 Å². The third kappa shape index (κ3) is 69.0. The van der Waals surface area contributed by atoms with Gasteiger partial charge in [-0.1, -0.05) is 0 Å². The summed E-state index contributed by atoms with van der Waals surface area (Å²) in [6.07, 6.45) is 0. The van der Waals surface area contributed by atoms with Crippen molar-refractivity contribution in [2.24, 2.45) is 10.2 Å². The molecule has 0 aliphatic heterocycles. The SMILES string of the molecule is N=[N+]=NCC(=O)NC(C[OH2+])(C[OH2+])C[OH2+].N=[N+]=NCC(=O)NC(C[OH2+])(C[OH2+])C[OH2+].O.O.O.O.O.O.O.O.O.O.O.O.O.[V].[V].[V].[V].[V].[V]. The maximum Gasteiger partial charge on any atom is 0.250 e. The Morgan fingerprint density at radius 2 is 0.596 bits per heavy atom. The standard InChI is InChI=1S/2C6H12N4O4.13H2O.6V/c2*7-10-8-1-5(14)9-6(2-11,3-12)4-13;;;;;;;;;;;;;;;;;;;/h2*7,11-13H,1-4H2;13*1H2;;;;;;/p+8. The van der Waals surface area contributed by atoms with Gasteiger partial charge in [0.1, 0.15) is 21.3 Å². The van der Waals surface area contributed by atoms with Crippen LogP contribution in [0, 0.1) is 11.1 Å². The number of carbonyl (C=O) groups excluding carboxylic acids is 2. The van der Waals surface area contributed by atoms with Crippen molar-refractivity contribution in [1.82, 2.24) is 20.5 Å². The van der Waals surface area contributed by atoms with Crippen molar-refractivity contribution in [2.45, 2.75) is 11.1 Å².